The predicted molar refractivity (Wildman–Crippen MR) is 277 cm³/mol. The molecule has 0 fully saturated rings. The molecule has 1 aliphatic rings. The van der Waals surface area contributed by atoms with Crippen molar-refractivity contribution in [3.05, 3.63) is 206 Å². The molecule has 3 aromatic heterocycles. The van der Waals surface area contributed by atoms with Gasteiger partial charge in [0.05, 0.1) is 16.7 Å². The molecule has 0 bridgehead atoms. The molecule has 0 amide bonds. The topological polar surface area (TPSA) is 35.9 Å². The van der Waals surface area contributed by atoms with Gasteiger partial charge in [0.15, 0.2) is 0 Å². The molecule has 68 heavy (non-hydrogen) atoms. The predicted octanol–water partition coefficient (Wildman–Crippen LogP) is 14.4. The third-order valence-electron chi connectivity index (χ3n) is 13.3. The van der Waals surface area contributed by atoms with Crippen molar-refractivity contribution < 1.29 is 30.4 Å². The smallest absolute Gasteiger partial charge is 0 e. The van der Waals surface area contributed by atoms with Gasteiger partial charge in [0.2, 0.25) is 0 Å². The molecule has 0 radical (unpaired) electrons. The van der Waals surface area contributed by atoms with E-state index in [4.69, 9.17) is 9.72 Å². The maximum absolute atomic E-state index is 6.75. The number of para-hydroxylation sites is 2. The summed E-state index contributed by atoms with van der Waals surface area (Å²) in [6.45, 7) is 6.72. The average Bonchev–Trinajstić information content (AvgIpc) is 3.90. The van der Waals surface area contributed by atoms with E-state index in [2.05, 4.69) is 228 Å². The molecule has 0 saturated heterocycles. The molecule has 0 N–H and O–H groups in total. The summed E-state index contributed by atoms with van der Waals surface area (Å²) in [5.74, 6) is 9.33. The van der Waals surface area contributed by atoms with Crippen LogP contribution >= 0.6 is 0 Å². The summed E-state index contributed by atoms with van der Waals surface area (Å²) in [5, 5.41) is 2.22. The molecule has 0 spiro atoms. The molecule has 334 valence electrons. The maximum Gasteiger partial charge on any atom is 0 e. The Morgan fingerprint density at radius 1 is 0.559 bits per heavy atom. The van der Waals surface area contributed by atoms with Crippen LogP contribution in [0.3, 0.4) is 0 Å². The first-order chi connectivity index (χ1) is 32.5. The molecular weight excluding hydrogens is 1070 g/mol. The van der Waals surface area contributed by atoms with Gasteiger partial charge in [0, 0.05) is 26.8 Å². The molecule has 0 unspecified atom stereocenters. The van der Waals surface area contributed by atoms with Gasteiger partial charge in [-0.05, 0) is 56.6 Å². The SMILES string of the molecule is CC(C)(C)c1ccnc(-n2c3[c-]c(Oc4[c-]c(-n5[c-][n+]6c7c(cccc75)-c5ccccc5-c5ccccc5-c5ccccc5-6)ccc4)ccc3c3cc(-c4cc[c]([Ge]([CH3])([CH3])[CH3])cc4)ccc32)c1.[Pt]. The summed E-state index contributed by atoms with van der Waals surface area (Å²) in [7, 11) is 0. The number of fused-ring (bicyclic) bond motifs is 10. The molecule has 12 rings (SSSR count). The Kier molecular flexibility index (Phi) is 10.8. The van der Waals surface area contributed by atoms with Gasteiger partial charge in [0.1, 0.15) is 0 Å². The summed E-state index contributed by atoms with van der Waals surface area (Å²) < 4.78 is 14.8. The minimum atomic E-state index is -1.95. The molecular formula is C61H48GeN4OPt-2. The van der Waals surface area contributed by atoms with Crippen LogP contribution in [0.2, 0.25) is 17.3 Å². The van der Waals surface area contributed by atoms with Crippen molar-refractivity contribution in [3.8, 4) is 73.2 Å². The monoisotopic (exact) mass is 1120 g/mol. The van der Waals surface area contributed by atoms with Gasteiger partial charge < -0.3 is 4.57 Å². The van der Waals surface area contributed by atoms with E-state index >= 15 is 0 Å². The molecule has 0 aliphatic carbocycles. The van der Waals surface area contributed by atoms with Gasteiger partial charge in [-0.2, -0.15) is 12.1 Å². The molecule has 4 heterocycles. The molecule has 0 atom stereocenters. The first kappa shape index (κ1) is 43.8. The number of nitrogens with zero attached hydrogens (tertiary/aromatic N) is 4. The first-order valence-electron chi connectivity index (χ1n) is 23.0. The minimum absolute atomic E-state index is 0. The van der Waals surface area contributed by atoms with Crippen LogP contribution < -0.4 is 13.7 Å². The fourth-order valence-electron chi connectivity index (χ4n) is 9.84. The van der Waals surface area contributed by atoms with Crippen molar-refractivity contribution in [2.75, 3.05) is 0 Å². The molecule has 0 saturated carbocycles. The Bertz CT molecular complexity index is 3760. The number of hydrogen-bond acceptors (Lipinski definition) is 2. The van der Waals surface area contributed by atoms with Crippen LogP contribution in [0, 0.1) is 18.5 Å². The third-order valence-corrected chi connectivity index (χ3v) is 17.7. The number of rotatable bonds is 6. The second kappa shape index (κ2) is 16.8. The molecule has 8 aromatic carbocycles. The van der Waals surface area contributed by atoms with Gasteiger partial charge in [-0.15, -0.1) is 12.1 Å². The van der Waals surface area contributed by atoms with E-state index in [-0.39, 0.29) is 26.5 Å². The number of aromatic nitrogens is 4. The van der Waals surface area contributed by atoms with Crippen LogP contribution in [-0.2, 0) is 26.5 Å². The Morgan fingerprint density at radius 3 is 1.91 bits per heavy atom. The summed E-state index contributed by atoms with van der Waals surface area (Å²) in [6, 6.07) is 70.5. The largest absolute Gasteiger partial charge is 0 e. The Balaban J connectivity index is 0.00000507. The summed E-state index contributed by atoms with van der Waals surface area (Å²) >= 11 is -1.95. The molecule has 1 aliphatic heterocycles. The molecule has 5 nitrogen and oxygen atoms in total. The zero-order valence-corrected chi connectivity index (χ0v) is 43.2. The number of ether oxygens (including phenoxy) is 1. The number of pyridine rings is 1. The quantitative estimate of drug-likeness (QED) is 0.0945. The van der Waals surface area contributed by atoms with E-state index in [0.717, 1.165) is 61.2 Å². The van der Waals surface area contributed by atoms with Crippen LogP contribution in [0.1, 0.15) is 26.3 Å². The van der Waals surface area contributed by atoms with E-state index < -0.39 is 13.3 Å². The zero-order valence-electron chi connectivity index (χ0n) is 38.8. The van der Waals surface area contributed by atoms with Crippen molar-refractivity contribution in [2.24, 2.45) is 0 Å². The van der Waals surface area contributed by atoms with E-state index in [9.17, 15) is 0 Å². The van der Waals surface area contributed by atoms with E-state index in [1.165, 1.54) is 43.3 Å². The molecule has 7 heteroatoms. The minimum Gasteiger partial charge on any atom is 0 e. The zero-order chi connectivity index (χ0) is 45.6. The second-order valence-electron chi connectivity index (χ2n) is 19.7. The maximum atomic E-state index is 6.75. The summed E-state index contributed by atoms with van der Waals surface area (Å²) in [6.07, 6.45) is 5.71. The normalized spacial score (nSPS) is 12.1. The van der Waals surface area contributed by atoms with Gasteiger partial charge in [-0.1, -0.05) is 106 Å². The van der Waals surface area contributed by atoms with Crippen molar-refractivity contribution in [1.29, 1.82) is 0 Å². The van der Waals surface area contributed by atoms with Crippen molar-refractivity contribution in [2.45, 2.75) is 43.5 Å². The second-order valence-corrected chi connectivity index (χ2v) is 30.3. The number of imidazole rings is 1. The van der Waals surface area contributed by atoms with Gasteiger partial charge in [-0.25, -0.2) is 0 Å². The van der Waals surface area contributed by atoms with Gasteiger partial charge in [-0.3, -0.25) is 4.57 Å². The Morgan fingerprint density at radius 2 is 1.19 bits per heavy atom. The van der Waals surface area contributed by atoms with Crippen molar-refractivity contribution in [3.63, 3.8) is 0 Å². The fraction of sp³-hybridized carbons (Fsp3) is 0.115. The van der Waals surface area contributed by atoms with E-state index in [0.29, 0.717) is 11.5 Å². The summed E-state index contributed by atoms with van der Waals surface area (Å²) in [5.41, 5.74) is 16.5. The average molecular weight is 1120 g/mol. The third kappa shape index (κ3) is 7.44. The molecule has 11 aromatic rings. The van der Waals surface area contributed by atoms with Crippen LogP contribution in [-0.4, -0.2) is 27.4 Å². The van der Waals surface area contributed by atoms with Crippen LogP contribution in [0.25, 0.3) is 94.5 Å². The van der Waals surface area contributed by atoms with Crippen molar-refractivity contribution in [1.82, 2.24) is 14.1 Å². The van der Waals surface area contributed by atoms with E-state index in [1.54, 1.807) is 0 Å². The summed E-state index contributed by atoms with van der Waals surface area (Å²) in [4.78, 5) is 4.96. The van der Waals surface area contributed by atoms with Gasteiger partial charge >= 0.3 is 172 Å². The number of hydrogen-bond donors (Lipinski definition) is 0. The Hall–Kier alpha value is -6.79. The van der Waals surface area contributed by atoms with E-state index in [1.807, 2.05) is 24.4 Å². The van der Waals surface area contributed by atoms with Crippen LogP contribution in [0.4, 0.5) is 0 Å². The fourth-order valence-corrected chi connectivity index (χ4v) is 12.3. The van der Waals surface area contributed by atoms with Gasteiger partial charge in [0.25, 0.3) is 6.33 Å². The number of benzene rings is 8. The van der Waals surface area contributed by atoms with Crippen LogP contribution in [0.15, 0.2) is 182 Å². The van der Waals surface area contributed by atoms with Crippen molar-refractivity contribution >= 4 is 50.5 Å². The Labute approximate surface area is 415 Å². The standard InChI is InChI=1S/C61H48GeN4O.Pt/c1-61(2,3)42-33-34-63-59(36-42)66-56-32-27-41(40-25-28-43(29-26-40)62(4,5)6)35-54(56)52-31-30-46(38-58(52)66)67-45-16-13-15-44(37-45)64-39-65-55-23-12-11-21-51(55)49-19-9-7-17-47(49)48-18-8-10-20-50(48)53-22-14-24-57(64)60(53)65;/h7-36H,1-6H3;/q-2;. The van der Waals surface area contributed by atoms with Crippen LogP contribution in [0.5, 0.6) is 11.5 Å². The first-order valence-corrected chi connectivity index (χ1v) is 30.4.